The maximum absolute atomic E-state index is 4.12. The number of nitrogens with zero attached hydrogens (tertiary/aromatic N) is 5. The lowest BCUT2D eigenvalue weighted by Gasteiger charge is -2.32. The van der Waals surface area contributed by atoms with Gasteiger partial charge in [0, 0.05) is 6.04 Å². The molecule has 1 N–H and O–H groups in total. The van der Waals surface area contributed by atoms with Crippen molar-refractivity contribution in [2.45, 2.75) is 32.2 Å². The van der Waals surface area contributed by atoms with E-state index in [1.165, 1.54) is 19.3 Å². The van der Waals surface area contributed by atoms with Crippen LogP contribution in [0.15, 0.2) is 12.4 Å². The van der Waals surface area contributed by atoms with Gasteiger partial charge in [0.15, 0.2) is 11.5 Å². The van der Waals surface area contributed by atoms with Crippen LogP contribution < -0.4 is 5.32 Å². The molecule has 2 aromatic heterocycles. The molecule has 3 rings (SSSR count). The van der Waals surface area contributed by atoms with E-state index in [1.54, 1.807) is 16.9 Å². The van der Waals surface area contributed by atoms with Crippen molar-refractivity contribution in [3.63, 3.8) is 0 Å². The van der Waals surface area contributed by atoms with E-state index >= 15 is 0 Å². The van der Waals surface area contributed by atoms with E-state index in [9.17, 15) is 0 Å². The van der Waals surface area contributed by atoms with Crippen molar-refractivity contribution in [3.05, 3.63) is 12.4 Å². The van der Waals surface area contributed by atoms with Gasteiger partial charge in [0.25, 0.3) is 0 Å². The fourth-order valence-electron chi connectivity index (χ4n) is 2.06. The molecule has 0 aliphatic heterocycles. The van der Waals surface area contributed by atoms with Crippen LogP contribution in [0, 0.1) is 5.92 Å². The minimum absolute atomic E-state index is 0.449. The van der Waals surface area contributed by atoms with Crippen LogP contribution >= 0.6 is 0 Å². The zero-order chi connectivity index (χ0) is 11.0. The van der Waals surface area contributed by atoms with Gasteiger partial charge in [-0.05, 0) is 36.1 Å². The molecular weight excluding hydrogens is 204 g/mol. The normalized spacial score (nSPS) is 18.3. The molecule has 1 aliphatic carbocycles. The summed E-state index contributed by atoms with van der Waals surface area (Å²) in [5.41, 5.74) is 0.672. The molecular formula is C10H14N6. The Bertz CT molecular complexity index is 489. The highest BCUT2D eigenvalue weighted by Gasteiger charge is 2.24. The van der Waals surface area contributed by atoms with Crippen LogP contribution in [0.25, 0.3) is 5.65 Å². The molecule has 84 valence electrons. The standard InChI is InChI=1S/C10H14N6/c1-7(8-3-2-4-8)12-9-5-11-6-10-13-14-15-16(9)10/h5-8,12H,2-4H2,1H3. The fraction of sp³-hybridized carbons (Fsp3) is 0.600. The Morgan fingerprint density at radius 2 is 2.31 bits per heavy atom. The molecule has 1 aliphatic rings. The van der Waals surface area contributed by atoms with Gasteiger partial charge >= 0.3 is 0 Å². The van der Waals surface area contributed by atoms with Crippen molar-refractivity contribution in [1.82, 2.24) is 25.0 Å². The van der Waals surface area contributed by atoms with E-state index in [0.29, 0.717) is 11.7 Å². The zero-order valence-electron chi connectivity index (χ0n) is 9.17. The third kappa shape index (κ3) is 1.50. The molecule has 1 atom stereocenters. The van der Waals surface area contributed by atoms with Gasteiger partial charge in [-0.1, -0.05) is 6.42 Å². The monoisotopic (exact) mass is 218 g/mol. The number of hydrogen-bond acceptors (Lipinski definition) is 5. The van der Waals surface area contributed by atoms with E-state index in [2.05, 4.69) is 32.7 Å². The molecule has 6 heteroatoms. The van der Waals surface area contributed by atoms with E-state index in [0.717, 1.165) is 11.7 Å². The molecule has 1 fully saturated rings. The quantitative estimate of drug-likeness (QED) is 0.836. The molecule has 2 aromatic rings. The summed E-state index contributed by atoms with van der Waals surface area (Å²) in [7, 11) is 0. The molecule has 1 unspecified atom stereocenters. The van der Waals surface area contributed by atoms with Gasteiger partial charge in [-0.15, -0.1) is 5.10 Å². The number of rotatable bonds is 3. The van der Waals surface area contributed by atoms with Crippen LogP contribution in [-0.2, 0) is 0 Å². The average Bonchev–Trinajstić information content (AvgIpc) is 2.63. The van der Waals surface area contributed by atoms with Gasteiger partial charge in [-0.2, -0.15) is 4.52 Å². The first-order valence-corrected chi connectivity index (χ1v) is 5.63. The summed E-state index contributed by atoms with van der Waals surface area (Å²) in [6.45, 7) is 2.20. The van der Waals surface area contributed by atoms with Crippen LogP contribution in [-0.4, -0.2) is 31.1 Å². The molecule has 0 saturated heterocycles. The molecule has 16 heavy (non-hydrogen) atoms. The second-order valence-electron chi connectivity index (χ2n) is 4.37. The van der Waals surface area contributed by atoms with Gasteiger partial charge in [0.2, 0.25) is 0 Å². The first-order chi connectivity index (χ1) is 7.84. The van der Waals surface area contributed by atoms with Crippen LogP contribution in [0.3, 0.4) is 0 Å². The average molecular weight is 218 g/mol. The van der Waals surface area contributed by atoms with Gasteiger partial charge in [0.05, 0.1) is 12.4 Å². The topological polar surface area (TPSA) is 68.0 Å². The third-order valence-electron chi connectivity index (χ3n) is 3.34. The van der Waals surface area contributed by atoms with Crippen molar-refractivity contribution in [1.29, 1.82) is 0 Å². The van der Waals surface area contributed by atoms with E-state index in [-0.39, 0.29) is 0 Å². The van der Waals surface area contributed by atoms with Crippen molar-refractivity contribution < 1.29 is 0 Å². The molecule has 0 spiro atoms. The third-order valence-corrected chi connectivity index (χ3v) is 3.34. The molecule has 6 nitrogen and oxygen atoms in total. The predicted molar refractivity (Wildman–Crippen MR) is 59.0 cm³/mol. The smallest absolute Gasteiger partial charge is 0.199 e. The lowest BCUT2D eigenvalue weighted by atomic mass is 9.80. The van der Waals surface area contributed by atoms with Crippen LogP contribution in [0.2, 0.25) is 0 Å². The first-order valence-electron chi connectivity index (χ1n) is 5.63. The molecule has 0 aromatic carbocycles. The maximum atomic E-state index is 4.12. The SMILES string of the molecule is CC(Nc1cncc2nnnn12)C1CCC1. The van der Waals surface area contributed by atoms with Crippen molar-refractivity contribution in [2.75, 3.05) is 5.32 Å². The summed E-state index contributed by atoms with van der Waals surface area (Å²) in [5, 5.41) is 14.9. The van der Waals surface area contributed by atoms with Crippen molar-refractivity contribution >= 4 is 11.5 Å². The molecule has 0 radical (unpaired) electrons. The van der Waals surface area contributed by atoms with E-state index < -0.39 is 0 Å². The second-order valence-corrected chi connectivity index (χ2v) is 4.37. The Hall–Kier alpha value is -1.72. The van der Waals surface area contributed by atoms with Crippen LogP contribution in [0.1, 0.15) is 26.2 Å². The number of tetrazole rings is 1. The first kappa shape index (κ1) is 9.50. The minimum Gasteiger partial charge on any atom is -0.366 e. The number of fused-ring (bicyclic) bond motifs is 1. The number of nitrogens with one attached hydrogen (secondary N) is 1. The summed E-state index contributed by atoms with van der Waals surface area (Å²) in [6.07, 6.45) is 7.39. The van der Waals surface area contributed by atoms with E-state index in [1.807, 2.05) is 0 Å². The highest BCUT2D eigenvalue weighted by molar-refractivity contribution is 5.44. The Morgan fingerprint density at radius 1 is 1.44 bits per heavy atom. The van der Waals surface area contributed by atoms with E-state index in [4.69, 9.17) is 0 Å². The second kappa shape index (κ2) is 3.70. The maximum Gasteiger partial charge on any atom is 0.199 e. The Balaban J connectivity index is 1.85. The number of anilines is 1. The lowest BCUT2D eigenvalue weighted by molar-refractivity contribution is 0.284. The summed E-state index contributed by atoms with van der Waals surface area (Å²) >= 11 is 0. The van der Waals surface area contributed by atoms with Gasteiger partial charge in [0.1, 0.15) is 0 Å². The van der Waals surface area contributed by atoms with Crippen LogP contribution in [0.4, 0.5) is 5.82 Å². The largest absolute Gasteiger partial charge is 0.366 e. The Labute approximate surface area is 93.1 Å². The molecule has 0 bridgehead atoms. The van der Waals surface area contributed by atoms with Gasteiger partial charge in [-0.3, -0.25) is 4.98 Å². The summed E-state index contributed by atoms with van der Waals surface area (Å²) in [4.78, 5) is 4.12. The molecule has 2 heterocycles. The highest BCUT2D eigenvalue weighted by atomic mass is 15.5. The van der Waals surface area contributed by atoms with Gasteiger partial charge < -0.3 is 5.32 Å². The summed E-state index contributed by atoms with van der Waals surface area (Å²) in [5.74, 6) is 1.63. The molecule has 0 amide bonds. The fourth-order valence-corrected chi connectivity index (χ4v) is 2.06. The van der Waals surface area contributed by atoms with Crippen molar-refractivity contribution in [3.8, 4) is 0 Å². The molecule has 1 saturated carbocycles. The van der Waals surface area contributed by atoms with Gasteiger partial charge in [-0.25, -0.2) is 0 Å². The highest BCUT2D eigenvalue weighted by Crippen LogP contribution is 2.30. The summed E-state index contributed by atoms with van der Waals surface area (Å²) in [6, 6.07) is 0.449. The Morgan fingerprint density at radius 3 is 3.06 bits per heavy atom. The minimum atomic E-state index is 0.449. The number of hydrogen-bond donors (Lipinski definition) is 1. The zero-order valence-corrected chi connectivity index (χ0v) is 9.17. The predicted octanol–water partition coefficient (Wildman–Crippen LogP) is 1.12. The van der Waals surface area contributed by atoms with Crippen molar-refractivity contribution in [2.24, 2.45) is 5.92 Å². The van der Waals surface area contributed by atoms with Crippen LogP contribution in [0.5, 0.6) is 0 Å². The number of aromatic nitrogens is 5. The Kier molecular flexibility index (Phi) is 2.19. The lowest BCUT2D eigenvalue weighted by Crippen LogP contribution is -2.31. The summed E-state index contributed by atoms with van der Waals surface area (Å²) < 4.78 is 1.68.